The zero-order valence-corrected chi connectivity index (χ0v) is 17.3. The first-order valence-electron chi connectivity index (χ1n) is 9.89. The van der Waals surface area contributed by atoms with Crippen LogP contribution in [0.3, 0.4) is 0 Å². The van der Waals surface area contributed by atoms with Gasteiger partial charge in [-0.15, -0.1) is 11.3 Å². The number of hydrogen-bond donors (Lipinski definition) is 2. The van der Waals surface area contributed by atoms with E-state index < -0.39 is 17.9 Å². The molecule has 0 aromatic carbocycles. The summed E-state index contributed by atoms with van der Waals surface area (Å²) in [4.78, 5) is 49.5. The minimum Gasteiger partial charge on any atom is -0.467 e. The number of hydrogen-bond acceptors (Lipinski definition) is 7. The molecule has 3 aromatic heterocycles. The second-order valence-electron chi connectivity index (χ2n) is 7.35. The average Bonchev–Trinajstić information content (AvgIpc) is 3.23. The van der Waals surface area contributed by atoms with Crippen LogP contribution in [0.4, 0.5) is 0 Å². The molecule has 156 valence electrons. The maximum absolute atomic E-state index is 13.1. The number of pyridine rings is 1. The SMILES string of the molecule is COC(=O)C(NC(=O)c1scc2c(=O)[nH]c(-c3ccncc3)nc12)C1CCCCC1. The fourth-order valence-corrected chi connectivity index (χ4v) is 4.80. The summed E-state index contributed by atoms with van der Waals surface area (Å²) in [7, 11) is 1.33. The zero-order valence-electron chi connectivity index (χ0n) is 16.5. The topological polar surface area (TPSA) is 114 Å². The first-order valence-corrected chi connectivity index (χ1v) is 10.8. The number of carbonyl (C=O) groups excluding carboxylic acids is 2. The van der Waals surface area contributed by atoms with Gasteiger partial charge in [0, 0.05) is 23.3 Å². The van der Waals surface area contributed by atoms with E-state index in [1.807, 2.05) is 0 Å². The number of methoxy groups -OCH3 is 1. The normalized spacial score (nSPS) is 15.6. The van der Waals surface area contributed by atoms with E-state index in [2.05, 4.69) is 20.3 Å². The van der Waals surface area contributed by atoms with Gasteiger partial charge in [-0.25, -0.2) is 9.78 Å². The molecule has 2 N–H and O–H groups in total. The lowest BCUT2D eigenvalue weighted by molar-refractivity contribution is -0.144. The van der Waals surface area contributed by atoms with Gasteiger partial charge >= 0.3 is 5.97 Å². The molecule has 3 aromatic rings. The number of nitrogens with zero attached hydrogens (tertiary/aromatic N) is 2. The molecule has 0 spiro atoms. The van der Waals surface area contributed by atoms with Crippen LogP contribution in [0.15, 0.2) is 34.7 Å². The van der Waals surface area contributed by atoms with Crippen LogP contribution < -0.4 is 10.9 Å². The average molecular weight is 426 g/mol. The molecule has 9 heteroatoms. The second kappa shape index (κ2) is 8.74. The monoisotopic (exact) mass is 426 g/mol. The highest BCUT2D eigenvalue weighted by atomic mass is 32.1. The Kier molecular flexibility index (Phi) is 5.89. The molecule has 0 aliphatic heterocycles. The Morgan fingerprint density at radius 3 is 2.67 bits per heavy atom. The number of ether oxygens (including phenoxy) is 1. The first-order chi connectivity index (χ1) is 14.6. The quantitative estimate of drug-likeness (QED) is 0.607. The van der Waals surface area contributed by atoms with Crippen LogP contribution in [0.25, 0.3) is 22.3 Å². The largest absolute Gasteiger partial charge is 0.467 e. The number of aromatic nitrogens is 3. The maximum Gasteiger partial charge on any atom is 0.328 e. The van der Waals surface area contributed by atoms with E-state index in [4.69, 9.17) is 4.74 Å². The van der Waals surface area contributed by atoms with Crippen molar-refractivity contribution in [1.82, 2.24) is 20.3 Å². The summed E-state index contributed by atoms with van der Waals surface area (Å²) in [5.41, 5.74) is 0.690. The molecule has 1 aliphatic rings. The van der Waals surface area contributed by atoms with Crippen molar-refractivity contribution in [1.29, 1.82) is 0 Å². The molecule has 0 bridgehead atoms. The number of H-pyrrole nitrogens is 1. The number of fused-ring (bicyclic) bond motifs is 1. The molecule has 1 atom stereocenters. The van der Waals surface area contributed by atoms with Crippen LogP contribution in [0.5, 0.6) is 0 Å². The van der Waals surface area contributed by atoms with Crippen molar-refractivity contribution in [3.05, 3.63) is 45.1 Å². The van der Waals surface area contributed by atoms with Crippen molar-refractivity contribution in [2.45, 2.75) is 38.1 Å². The Morgan fingerprint density at radius 2 is 1.97 bits per heavy atom. The van der Waals surface area contributed by atoms with Gasteiger partial charge in [0.2, 0.25) is 0 Å². The van der Waals surface area contributed by atoms with Crippen molar-refractivity contribution < 1.29 is 14.3 Å². The van der Waals surface area contributed by atoms with Crippen molar-refractivity contribution in [3.63, 3.8) is 0 Å². The minimum absolute atomic E-state index is 0.0464. The number of thiophene rings is 1. The summed E-state index contributed by atoms with van der Waals surface area (Å²) in [5.74, 6) is -0.460. The van der Waals surface area contributed by atoms with Gasteiger partial charge in [-0.2, -0.15) is 0 Å². The molecule has 1 fully saturated rings. The van der Waals surface area contributed by atoms with Gasteiger partial charge in [0.15, 0.2) is 0 Å². The molecule has 8 nitrogen and oxygen atoms in total. The third-order valence-electron chi connectivity index (χ3n) is 5.49. The molecule has 1 unspecified atom stereocenters. The predicted octanol–water partition coefficient (Wildman–Crippen LogP) is 2.90. The molecule has 3 heterocycles. The molecule has 30 heavy (non-hydrogen) atoms. The highest BCUT2D eigenvalue weighted by Gasteiger charge is 2.32. The Morgan fingerprint density at radius 1 is 1.23 bits per heavy atom. The van der Waals surface area contributed by atoms with E-state index in [1.54, 1.807) is 29.9 Å². The number of nitrogens with one attached hydrogen (secondary N) is 2. The number of carbonyl (C=O) groups is 2. The number of rotatable bonds is 5. The van der Waals surface area contributed by atoms with Crippen LogP contribution >= 0.6 is 11.3 Å². The molecule has 1 amide bonds. The third-order valence-corrected chi connectivity index (χ3v) is 6.46. The van der Waals surface area contributed by atoms with E-state index in [0.717, 1.165) is 43.4 Å². The molecule has 1 aliphatic carbocycles. The van der Waals surface area contributed by atoms with E-state index in [-0.39, 0.29) is 11.5 Å². The highest BCUT2D eigenvalue weighted by molar-refractivity contribution is 7.13. The van der Waals surface area contributed by atoms with Gasteiger partial charge in [-0.3, -0.25) is 14.6 Å². The first kappa shape index (κ1) is 20.2. The number of aromatic amines is 1. The van der Waals surface area contributed by atoms with Gasteiger partial charge in [-0.1, -0.05) is 19.3 Å². The smallest absolute Gasteiger partial charge is 0.328 e. The molecular formula is C21H22N4O4S. The molecule has 4 rings (SSSR count). The lowest BCUT2D eigenvalue weighted by Gasteiger charge is -2.28. The lowest BCUT2D eigenvalue weighted by Crippen LogP contribution is -2.47. The van der Waals surface area contributed by atoms with Gasteiger partial charge in [0.25, 0.3) is 11.5 Å². The zero-order chi connectivity index (χ0) is 21.1. The fourth-order valence-electron chi connectivity index (χ4n) is 3.92. The summed E-state index contributed by atoms with van der Waals surface area (Å²) in [6.45, 7) is 0. The Balaban J connectivity index is 1.67. The van der Waals surface area contributed by atoms with Crippen LogP contribution in [-0.2, 0) is 9.53 Å². The molecule has 0 radical (unpaired) electrons. The number of esters is 1. The van der Waals surface area contributed by atoms with Crippen LogP contribution in [0.1, 0.15) is 41.8 Å². The molecular weight excluding hydrogens is 404 g/mol. The Bertz CT molecular complexity index is 1120. The van der Waals surface area contributed by atoms with E-state index in [1.165, 1.54) is 7.11 Å². The second-order valence-corrected chi connectivity index (χ2v) is 8.23. The number of amides is 1. The standard InChI is InChI=1S/C21H22N4O4S/c1-29-21(28)15(12-5-3-2-4-6-12)24-20(27)17-16-14(11-30-17)19(26)25-18(23-16)13-7-9-22-10-8-13/h7-12,15H,2-6H2,1H3,(H,24,27)(H,23,25,26). The van der Waals surface area contributed by atoms with Crippen LogP contribution in [0.2, 0.25) is 0 Å². The van der Waals surface area contributed by atoms with Crippen LogP contribution in [-0.4, -0.2) is 40.0 Å². The summed E-state index contributed by atoms with van der Waals surface area (Å²) in [6.07, 6.45) is 8.14. The summed E-state index contributed by atoms with van der Waals surface area (Å²) in [5, 5.41) is 4.80. The Labute approximate surface area is 176 Å². The van der Waals surface area contributed by atoms with Crippen molar-refractivity contribution >= 4 is 34.1 Å². The molecule has 0 saturated heterocycles. The van der Waals surface area contributed by atoms with Gasteiger partial charge < -0.3 is 15.0 Å². The van der Waals surface area contributed by atoms with Gasteiger partial charge in [0.1, 0.15) is 22.3 Å². The fraction of sp³-hybridized carbons (Fsp3) is 0.381. The van der Waals surface area contributed by atoms with E-state index in [9.17, 15) is 14.4 Å². The van der Waals surface area contributed by atoms with Crippen LogP contribution in [0, 0.1) is 5.92 Å². The van der Waals surface area contributed by atoms with Gasteiger partial charge in [0.05, 0.1) is 12.5 Å². The van der Waals surface area contributed by atoms with Crippen molar-refractivity contribution in [2.75, 3.05) is 7.11 Å². The lowest BCUT2D eigenvalue weighted by atomic mass is 9.84. The van der Waals surface area contributed by atoms with E-state index >= 15 is 0 Å². The minimum atomic E-state index is -0.707. The van der Waals surface area contributed by atoms with E-state index in [0.29, 0.717) is 27.2 Å². The third kappa shape index (κ3) is 3.97. The summed E-state index contributed by atoms with van der Waals surface area (Å²) in [6, 6.07) is 2.75. The molecule has 1 saturated carbocycles. The van der Waals surface area contributed by atoms with Crippen molar-refractivity contribution in [2.24, 2.45) is 5.92 Å². The Hall–Kier alpha value is -3.07. The highest BCUT2D eigenvalue weighted by Crippen LogP contribution is 2.28. The van der Waals surface area contributed by atoms with Gasteiger partial charge in [-0.05, 0) is 30.9 Å². The maximum atomic E-state index is 13.1. The summed E-state index contributed by atoms with van der Waals surface area (Å²) < 4.78 is 4.94. The predicted molar refractivity (Wildman–Crippen MR) is 113 cm³/mol. The summed E-state index contributed by atoms with van der Waals surface area (Å²) >= 11 is 1.14. The van der Waals surface area contributed by atoms with Crippen molar-refractivity contribution in [3.8, 4) is 11.4 Å².